The van der Waals surface area contributed by atoms with Crippen molar-refractivity contribution in [3.8, 4) is 11.5 Å². The summed E-state index contributed by atoms with van der Waals surface area (Å²) < 4.78 is 16.0. The van der Waals surface area contributed by atoms with Crippen LogP contribution >= 0.6 is 0 Å². The van der Waals surface area contributed by atoms with E-state index in [1.54, 1.807) is 23.1 Å². The third-order valence-corrected chi connectivity index (χ3v) is 4.81. The fourth-order valence-corrected chi connectivity index (χ4v) is 3.28. The number of carbonyl (C=O) groups is 2. The number of aryl methyl sites for hydroxylation is 1. The largest absolute Gasteiger partial charge is 0.454 e. The number of fused-ring (bicyclic) bond motifs is 1. The molecule has 0 atom stereocenters. The number of rotatable bonds is 5. The fraction of sp³-hybridized carbons (Fsp3) is 0.333. The van der Waals surface area contributed by atoms with E-state index in [0.29, 0.717) is 56.1 Å². The van der Waals surface area contributed by atoms with Crippen molar-refractivity contribution in [3.05, 3.63) is 53.6 Å². The number of nitrogens with zero attached hydrogens (tertiary/aromatic N) is 1. The average molecular weight is 382 g/mol. The van der Waals surface area contributed by atoms with Crippen LogP contribution in [0.5, 0.6) is 11.5 Å². The van der Waals surface area contributed by atoms with Crippen LogP contribution in [0.4, 0.5) is 5.69 Å². The van der Waals surface area contributed by atoms with Crippen molar-refractivity contribution in [2.24, 2.45) is 0 Å². The van der Waals surface area contributed by atoms with Crippen LogP contribution in [-0.2, 0) is 16.0 Å². The molecule has 0 radical (unpaired) electrons. The Morgan fingerprint density at radius 2 is 1.79 bits per heavy atom. The monoisotopic (exact) mass is 382 g/mol. The van der Waals surface area contributed by atoms with Gasteiger partial charge >= 0.3 is 0 Å². The first-order valence-electron chi connectivity index (χ1n) is 9.35. The molecule has 28 heavy (non-hydrogen) atoms. The molecular formula is C21H22N2O5. The van der Waals surface area contributed by atoms with Crippen LogP contribution in [0.25, 0.3) is 0 Å². The predicted octanol–water partition coefficient (Wildman–Crippen LogP) is 2.46. The lowest BCUT2D eigenvalue weighted by Crippen LogP contribution is -2.41. The van der Waals surface area contributed by atoms with Gasteiger partial charge in [0.2, 0.25) is 12.7 Å². The van der Waals surface area contributed by atoms with Crippen molar-refractivity contribution in [1.29, 1.82) is 0 Å². The summed E-state index contributed by atoms with van der Waals surface area (Å²) in [6.07, 6.45) is 0.877. The van der Waals surface area contributed by atoms with Gasteiger partial charge in [-0.05, 0) is 36.2 Å². The molecule has 1 N–H and O–H groups in total. The number of ether oxygens (including phenoxy) is 3. The molecule has 2 amide bonds. The molecule has 0 aromatic heterocycles. The van der Waals surface area contributed by atoms with Crippen LogP contribution < -0.4 is 14.8 Å². The number of benzene rings is 2. The first-order chi connectivity index (χ1) is 13.7. The second kappa shape index (κ2) is 8.31. The summed E-state index contributed by atoms with van der Waals surface area (Å²) in [5.41, 5.74) is 2.03. The van der Waals surface area contributed by atoms with Gasteiger partial charge < -0.3 is 24.4 Å². The van der Waals surface area contributed by atoms with Crippen LogP contribution in [0.15, 0.2) is 42.5 Å². The highest BCUT2D eigenvalue weighted by atomic mass is 16.7. The molecule has 0 spiro atoms. The van der Waals surface area contributed by atoms with E-state index in [2.05, 4.69) is 5.32 Å². The summed E-state index contributed by atoms with van der Waals surface area (Å²) in [7, 11) is 0. The summed E-state index contributed by atoms with van der Waals surface area (Å²) >= 11 is 0. The van der Waals surface area contributed by atoms with Crippen molar-refractivity contribution in [3.63, 3.8) is 0 Å². The molecular weight excluding hydrogens is 360 g/mol. The Bertz CT molecular complexity index is 877. The average Bonchev–Trinajstić information content (AvgIpc) is 3.21. The standard InChI is InChI=1S/C21H22N2O5/c24-20(8-6-15-5-7-18-19(13-15)28-14-27-18)22-17-4-2-1-3-16(17)21(25)23-9-11-26-12-10-23/h1-5,7,13H,6,8-12,14H2,(H,22,24). The summed E-state index contributed by atoms with van der Waals surface area (Å²) in [4.78, 5) is 27.0. The van der Waals surface area contributed by atoms with Crippen molar-refractivity contribution in [2.45, 2.75) is 12.8 Å². The van der Waals surface area contributed by atoms with E-state index in [0.717, 1.165) is 11.3 Å². The minimum Gasteiger partial charge on any atom is -0.454 e. The van der Waals surface area contributed by atoms with Crippen molar-refractivity contribution in [1.82, 2.24) is 4.90 Å². The number of amides is 2. The van der Waals surface area contributed by atoms with Crippen LogP contribution in [0.2, 0.25) is 0 Å². The van der Waals surface area contributed by atoms with Crippen molar-refractivity contribution >= 4 is 17.5 Å². The molecule has 2 aromatic carbocycles. The van der Waals surface area contributed by atoms with E-state index in [-0.39, 0.29) is 18.6 Å². The first-order valence-corrected chi connectivity index (χ1v) is 9.35. The van der Waals surface area contributed by atoms with Gasteiger partial charge in [-0.15, -0.1) is 0 Å². The summed E-state index contributed by atoms with van der Waals surface area (Å²) in [6.45, 7) is 2.43. The molecule has 2 aromatic rings. The zero-order valence-corrected chi connectivity index (χ0v) is 15.5. The molecule has 0 saturated carbocycles. The molecule has 2 aliphatic rings. The summed E-state index contributed by atoms with van der Waals surface area (Å²) in [6, 6.07) is 12.8. The molecule has 0 unspecified atom stereocenters. The predicted molar refractivity (Wildman–Crippen MR) is 103 cm³/mol. The summed E-state index contributed by atoms with van der Waals surface area (Å²) in [5.74, 6) is 1.21. The Morgan fingerprint density at radius 1 is 1.00 bits per heavy atom. The molecule has 2 aliphatic heterocycles. The normalized spacial score (nSPS) is 15.4. The van der Waals surface area contributed by atoms with Gasteiger partial charge in [-0.3, -0.25) is 9.59 Å². The topological polar surface area (TPSA) is 77.1 Å². The minimum atomic E-state index is -0.139. The molecule has 7 heteroatoms. The lowest BCUT2D eigenvalue weighted by molar-refractivity contribution is -0.116. The van der Waals surface area contributed by atoms with Crippen LogP contribution in [0.3, 0.4) is 0 Å². The highest BCUT2D eigenvalue weighted by Crippen LogP contribution is 2.32. The zero-order chi connectivity index (χ0) is 19.3. The number of morpholine rings is 1. The smallest absolute Gasteiger partial charge is 0.256 e. The first kappa shape index (κ1) is 18.3. The van der Waals surface area contributed by atoms with Crippen LogP contribution in [0, 0.1) is 0 Å². The molecule has 7 nitrogen and oxygen atoms in total. The van der Waals surface area contributed by atoms with E-state index in [1.165, 1.54) is 0 Å². The fourth-order valence-electron chi connectivity index (χ4n) is 3.28. The number of hydrogen-bond donors (Lipinski definition) is 1. The Morgan fingerprint density at radius 3 is 2.64 bits per heavy atom. The quantitative estimate of drug-likeness (QED) is 0.860. The van der Waals surface area contributed by atoms with Crippen molar-refractivity contribution < 1.29 is 23.8 Å². The van der Waals surface area contributed by atoms with Gasteiger partial charge in [0.1, 0.15) is 0 Å². The van der Waals surface area contributed by atoms with E-state index < -0.39 is 0 Å². The lowest BCUT2D eigenvalue weighted by Gasteiger charge is -2.27. The molecule has 4 rings (SSSR count). The summed E-state index contributed by atoms with van der Waals surface area (Å²) in [5, 5.41) is 2.88. The number of hydrogen-bond acceptors (Lipinski definition) is 5. The number of nitrogens with one attached hydrogen (secondary N) is 1. The van der Waals surface area contributed by atoms with E-state index >= 15 is 0 Å². The van der Waals surface area contributed by atoms with E-state index in [4.69, 9.17) is 14.2 Å². The second-order valence-corrected chi connectivity index (χ2v) is 6.69. The Labute approximate surface area is 163 Å². The molecule has 2 heterocycles. The van der Waals surface area contributed by atoms with Gasteiger partial charge in [0.25, 0.3) is 5.91 Å². The molecule has 0 aliphatic carbocycles. The third-order valence-electron chi connectivity index (χ3n) is 4.81. The van der Waals surface area contributed by atoms with Gasteiger partial charge in [0.15, 0.2) is 11.5 Å². The lowest BCUT2D eigenvalue weighted by atomic mass is 10.1. The third kappa shape index (κ3) is 4.09. The molecule has 146 valence electrons. The van der Waals surface area contributed by atoms with E-state index in [9.17, 15) is 9.59 Å². The Balaban J connectivity index is 1.38. The molecule has 0 bridgehead atoms. The molecule has 1 fully saturated rings. The van der Waals surface area contributed by atoms with Gasteiger partial charge in [-0.25, -0.2) is 0 Å². The van der Waals surface area contributed by atoms with E-state index in [1.807, 2.05) is 24.3 Å². The maximum Gasteiger partial charge on any atom is 0.256 e. The van der Waals surface area contributed by atoms with Crippen LogP contribution in [-0.4, -0.2) is 49.8 Å². The van der Waals surface area contributed by atoms with Gasteiger partial charge in [-0.1, -0.05) is 18.2 Å². The highest BCUT2D eigenvalue weighted by Gasteiger charge is 2.21. The Kier molecular flexibility index (Phi) is 5.43. The highest BCUT2D eigenvalue weighted by molar-refractivity contribution is 6.03. The maximum atomic E-state index is 12.8. The number of carbonyl (C=O) groups excluding carboxylic acids is 2. The second-order valence-electron chi connectivity index (χ2n) is 6.69. The maximum absolute atomic E-state index is 12.8. The zero-order valence-electron chi connectivity index (χ0n) is 15.5. The van der Waals surface area contributed by atoms with Crippen LogP contribution in [0.1, 0.15) is 22.3 Å². The Hall–Kier alpha value is -3.06. The van der Waals surface area contributed by atoms with Crippen molar-refractivity contribution in [2.75, 3.05) is 38.4 Å². The number of anilines is 1. The van der Waals surface area contributed by atoms with Gasteiger partial charge in [0.05, 0.1) is 24.5 Å². The minimum absolute atomic E-state index is 0.0880. The number of para-hydroxylation sites is 1. The SMILES string of the molecule is O=C(CCc1ccc2c(c1)OCO2)Nc1ccccc1C(=O)N1CCOCC1. The molecule has 1 saturated heterocycles. The van der Waals surface area contributed by atoms with Gasteiger partial charge in [-0.2, -0.15) is 0 Å². The van der Waals surface area contributed by atoms with Gasteiger partial charge in [0, 0.05) is 19.5 Å².